The van der Waals surface area contributed by atoms with Crippen LogP contribution in [0, 0.1) is 0 Å². The molecule has 0 saturated heterocycles. The normalized spacial score (nSPS) is 10.9. The zero-order chi connectivity index (χ0) is 20.1. The van der Waals surface area contributed by atoms with E-state index in [1.165, 1.54) is 11.8 Å². The summed E-state index contributed by atoms with van der Waals surface area (Å²) < 4.78 is 17.9. The molecule has 0 aliphatic heterocycles. The lowest BCUT2D eigenvalue weighted by molar-refractivity contribution is -0.113. The first-order chi connectivity index (χ1) is 13.5. The van der Waals surface area contributed by atoms with Crippen LogP contribution in [0.5, 0.6) is 11.5 Å². The van der Waals surface area contributed by atoms with Crippen molar-refractivity contribution in [1.82, 2.24) is 14.8 Å². The predicted molar refractivity (Wildman–Crippen MR) is 107 cm³/mol. The van der Waals surface area contributed by atoms with E-state index in [1.807, 2.05) is 24.5 Å². The number of methoxy groups -OCH3 is 2. The van der Waals surface area contributed by atoms with Crippen LogP contribution in [0.4, 0.5) is 5.69 Å². The number of hydrogen-bond donors (Lipinski definition) is 1. The summed E-state index contributed by atoms with van der Waals surface area (Å²) in [5, 5.41) is 11.9. The molecular weight excluding hydrogens is 380 g/mol. The van der Waals surface area contributed by atoms with Gasteiger partial charge in [-0.15, -0.1) is 10.2 Å². The smallest absolute Gasteiger partial charge is 0.234 e. The number of ether oxygens (including phenoxy) is 2. The number of furan rings is 1. The van der Waals surface area contributed by atoms with Crippen molar-refractivity contribution in [2.75, 3.05) is 25.3 Å². The molecule has 1 amide bonds. The first kappa shape index (κ1) is 19.8. The topological polar surface area (TPSA) is 91.4 Å². The number of amides is 1. The third-order valence-electron chi connectivity index (χ3n) is 3.94. The lowest BCUT2D eigenvalue weighted by Gasteiger charge is -2.13. The van der Waals surface area contributed by atoms with Crippen molar-refractivity contribution < 1.29 is 18.7 Å². The molecule has 0 fully saturated rings. The maximum absolute atomic E-state index is 12.5. The second kappa shape index (κ2) is 8.83. The Bertz CT molecular complexity index is 938. The highest BCUT2D eigenvalue weighted by atomic mass is 32.2. The van der Waals surface area contributed by atoms with Gasteiger partial charge in [0.25, 0.3) is 0 Å². The van der Waals surface area contributed by atoms with E-state index in [2.05, 4.69) is 15.5 Å². The van der Waals surface area contributed by atoms with Crippen LogP contribution >= 0.6 is 11.8 Å². The van der Waals surface area contributed by atoms with Crippen molar-refractivity contribution in [3.05, 3.63) is 36.6 Å². The fourth-order valence-electron chi connectivity index (χ4n) is 2.64. The number of thioether (sulfide) groups is 1. The SMILES string of the molecule is COc1ccc(OC)c(NC(=O)CSc2nnc(-c3ccco3)n2C(C)C)c1. The molecule has 0 unspecified atom stereocenters. The number of anilines is 1. The van der Waals surface area contributed by atoms with Crippen LogP contribution in [0.1, 0.15) is 19.9 Å². The third-order valence-corrected chi connectivity index (χ3v) is 4.88. The molecule has 0 bridgehead atoms. The highest BCUT2D eigenvalue weighted by molar-refractivity contribution is 7.99. The summed E-state index contributed by atoms with van der Waals surface area (Å²) in [6.45, 7) is 4.06. The molecule has 9 heteroatoms. The van der Waals surface area contributed by atoms with E-state index >= 15 is 0 Å². The van der Waals surface area contributed by atoms with Crippen LogP contribution in [-0.2, 0) is 4.79 Å². The molecule has 0 saturated carbocycles. The van der Waals surface area contributed by atoms with E-state index in [1.54, 1.807) is 44.7 Å². The molecule has 0 aliphatic rings. The number of nitrogens with one attached hydrogen (secondary N) is 1. The number of benzene rings is 1. The minimum absolute atomic E-state index is 0.110. The van der Waals surface area contributed by atoms with Crippen LogP contribution < -0.4 is 14.8 Å². The minimum atomic E-state index is -0.186. The number of carbonyl (C=O) groups excluding carboxylic acids is 1. The zero-order valence-electron chi connectivity index (χ0n) is 16.1. The second-order valence-corrected chi connectivity index (χ2v) is 7.09. The van der Waals surface area contributed by atoms with Gasteiger partial charge in [-0.3, -0.25) is 9.36 Å². The summed E-state index contributed by atoms with van der Waals surface area (Å²) >= 11 is 1.31. The standard InChI is InChI=1S/C19H22N4O4S/c1-12(2)23-18(16-6-5-9-27-16)21-22-19(23)28-11-17(24)20-14-10-13(25-3)7-8-15(14)26-4/h5-10,12H,11H2,1-4H3,(H,20,24). The van der Waals surface area contributed by atoms with Gasteiger partial charge in [-0.05, 0) is 38.1 Å². The van der Waals surface area contributed by atoms with E-state index in [9.17, 15) is 4.79 Å². The number of aromatic nitrogens is 3. The number of carbonyl (C=O) groups is 1. The Hall–Kier alpha value is -2.94. The molecule has 0 spiro atoms. The molecule has 0 aliphatic carbocycles. The van der Waals surface area contributed by atoms with E-state index in [4.69, 9.17) is 13.9 Å². The van der Waals surface area contributed by atoms with Gasteiger partial charge in [-0.25, -0.2) is 0 Å². The first-order valence-corrected chi connectivity index (χ1v) is 9.65. The third kappa shape index (κ3) is 4.30. The van der Waals surface area contributed by atoms with E-state index in [0.717, 1.165) is 0 Å². The Morgan fingerprint density at radius 2 is 2.07 bits per heavy atom. The molecule has 1 N–H and O–H groups in total. The lowest BCUT2D eigenvalue weighted by Crippen LogP contribution is -2.15. The summed E-state index contributed by atoms with van der Waals surface area (Å²) in [6.07, 6.45) is 1.59. The van der Waals surface area contributed by atoms with Gasteiger partial charge in [0.15, 0.2) is 10.9 Å². The van der Waals surface area contributed by atoms with Crippen molar-refractivity contribution in [1.29, 1.82) is 0 Å². The Morgan fingerprint density at radius 3 is 2.71 bits per heavy atom. The van der Waals surface area contributed by atoms with Gasteiger partial charge in [0.1, 0.15) is 11.5 Å². The summed E-state index contributed by atoms with van der Waals surface area (Å²) in [6, 6.07) is 8.97. The van der Waals surface area contributed by atoms with Crippen LogP contribution in [0.15, 0.2) is 46.2 Å². The Balaban J connectivity index is 1.72. The van der Waals surface area contributed by atoms with Gasteiger partial charge in [-0.1, -0.05) is 11.8 Å². The maximum Gasteiger partial charge on any atom is 0.234 e. The van der Waals surface area contributed by atoms with Gasteiger partial charge >= 0.3 is 0 Å². The summed E-state index contributed by atoms with van der Waals surface area (Å²) in [7, 11) is 3.12. The highest BCUT2D eigenvalue weighted by Crippen LogP contribution is 2.30. The minimum Gasteiger partial charge on any atom is -0.497 e. The van der Waals surface area contributed by atoms with Gasteiger partial charge in [0.05, 0.1) is 31.9 Å². The molecule has 8 nitrogen and oxygen atoms in total. The number of rotatable bonds is 8. The largest absolute Gasteiger partial charge is 0.497 e. The lowest BCUT2D eigenvalue weighted by atomic mass is 10.2. The van der Waals surface area contributed by atoms with E-state index in [-0.39, 0.29) is 17.7 Å². The predicted octanol–water partition coefficient (Wildman–Crippen LogP) is 3.87. The molecule has 3 aromatic rings. The van der Waals surface area contributed by atoms with Gasteiger partial charge in [0, 0.05) is 12.1 Å². The fraction of sp³-hybridized carbons (Fsp3) is 0.316. The van der Waals surface area contributed by atoms with Crippen molar-refractivity contribution in [2.24, 2.45) is 0 Å². The van der Waals surface area contributed by atoms with Crippen LogP contribution in [0.25, 0.3) is 11.6 Å². The Morgan fingerprint density at radius 1 is 1.25 bits per heavy atom. The average molecular weight is 402 g/mol. The van der Waals surface area contributed by atoms with Crippen LogP contribution in [0.2, 0.25) is 0 Å². The summed E-state index contributed by atoms with van der Waals surface area (Å²) in [5.41, 5.74) is 0.550. The van der Waals surface area contributed by atoms with E-state index in [0.29, 0.717) is 33.9 Å². The molecule has 3 rings (SSSR count). The summed E-state index contributed by atoms with van der Waals surface area (Å²) in [5.74, 6) is 2.45. The molecule has 148 valence electrons. The Kier molecular flexibility index (Phi) is 6.25. The molecular formula is C19H22N4O4S. The Labute approximate surface area is 167 Å². The number of hydrogen-bond acceptors (Lipinski definition) is 7. The summed E-state index contributed by atoms with van der Waals surface area (Å²) in [4.78, 5) is 12.5. The molecule has 2 heterocycles. The quantitative estimate of drug-likeness (QED) is 0.572. The van der Waals surface area contributed by atoms with Crippen LogP contribution in [-0.4, -0.2) is 40.6 Å². The van der Waals surface area contributed by atoms with Gasteiger partial charge < -0.3 is 19.2 Å². The molecule has 1 aromatic carbocycles. The fourth-order valence-corrected chi connectivity index (χ4v) is 3.51. The molecule has 28 heavy (non-hydrogen) atoms. The van der Waals surface area contributed by atoms with Crippen molar-refractivity contribution in [3.63, 3.8) is 0 Å². The number of nitrogens with zero attached hydrogens (tertiary/aromatic N) is 3. The average Bonchev–Trinajstić information content (AvgIpc) is 3.35. The first-order valence-electron chi connectivity index (χ1n) is 8.67. The van der Waals surface area contributed by atoms with Crippen molar-refractivity contribution in [2.45, 2.75) is 25.0 Å². The molecule has 0 radical (unpaired) electrons. The molecule has 2 aromatic heterocycles. The van der Waals surface area contributed by atoms with Crippen LogP contribution in [0.3, 0.4) is 0 Å². The maximum atomic E-state index is 12.5. The van der Waals surface area contributed by atoms with E-state index < -0.39 is 0 Å². The van der Waals surface area contributed by atoms with Crippen molar-refractivity contribution >= 4 is 23.4 Å². The highest BCUT2D eigenvalue weighted by Gasteiger charge is 2.19. The van der Waals surface area contributed by atoms with Gasteiger partial charge in [-0.2, -0.15) is 0 Å². The second-order valence-electron chi connectivity index (χ2n) is 6.15. The monoisotopic (exact) mass is 402 g/mol. The zero-order valence-corrected chi connectivity index (χ0v) is 16.9. The van der Waals surface area contributed by atoms with Crippen molar-refractivity contribution in [3.8, 4) is 23.1 Å². The molecule has 0 atom stereocenters. The van der Waals surface area contributed by atoms with Gasteiger partial charge in [0.2, 0.25) is 11.7 Å².